The van der Waals surface area contributed by atoms with Gasteiger partial charge in [-0.05, 0) is 38.0 Å². The number of nitrogens with one attached hydrogen (secondary N) is 1. The van der Waals surface area contributed by atoms with Crippen molar-refractivity contribution in [2.45, 2.75) is 20.3 Å². The highest BCUT2D eigenvalue weighted by atomic mass is 16.5. The van der Waals surface area contributed by atoms with E-state index in [0.717, 1.165) is 16.9 Å². The molecule has 1 atom stereocenters. The molecule has 1 aromatic carbocycles. The van der Waals surface area contributed by atoms with E-state index in [0.29, 0.717) is 18.7 Å². The van der Waals surface area contributed by atoms with Gasteiger partial charge in [0.15, 0.2) is 0 Å². The van der Waals surface area contributed by atoms with Crippen molar-refractivity contribution in [3.8, 4) is 5.75 Å². The zero-order chi connectivity index (χ0) is 15.6. The summed E-state index contributed by atoms with van der Waals surface area (Å²) in [6.45, 7) is 4.51. The molecule has 1 saturated heterocycles. The number of benzene rings is 1. The molecule has 0 saturated carbocycles. The fourth-order valence-corrected chi connectivity index (χ4v) is 2.51. The van der Waals surface area contributed by atoms with Crippen LogP contribution in [0.1, 0.15) is 17.5 Å². The van der Waals surface area contributed by atoms with Crippen molar-refractivity contribution in [2.75, 3.05) is 25.5 Å². The van der Waals surface area contributed by atoms with E-state index in [-0.39, 0.29) is 12.6 Å². The van der Waals surface area contributed by atoms with Crippen LogP contribution in [0, 0.1) is 19.8 Å². The van der Waals surface area contributed by atoms with Crippen molar-refractivity contribution in [1.82, 2.24) is 4.90 Å². The maximum atomic E-state index is 12.2. The first-order valence-electron chi connectivity index (χ1n) is 6.86. The van der Waals surface area contributed by atoms with Gasteiger partial charge in [-0.25, -0.2) is 4.79 Å². The summed E-state index contributed by atoms with van der Waals surface area (Å²) in [6.07, 6.45) is 0.499. The molecule has 6 nitrogen and oxygen atoms in total. The SMILES string of the molecule is COc1cc(C)cc(NC(=O)N2CCC(C(=O)O)C2)c1C. The van der Waals surface area contributed by atoms with E-state index in [2.05, 4.69) is 5.32 Å². The number of methoxy groups -OCH3 is 1. The minimum absolute atomic E-state index is 0.253. The molecule has 0 aromatic heterocycles. The third kappa shape index (κ3) is 3.26. The molecule has 114 valence electrons. The lowest BCUT2D eigenvalue weighted by Gasteiger charge is -2.19. The van der Waals surface area contributed by atoms with Crippen LogP contribution in [0.2, 0.25) is 0 Å². The smallest absolute Gasteiger partial charge is 0.321 e. The fraction of sp³-hybridized carbons (Fsp3) is 0.467. The zero-order valence-corrected chi connectivity index (χ0v) is 12.5. The van der Waals surface area contributed by atoms with E-state index in [1.54, 1.807) is 7.11 Å². The lowest BCUT2D eigenvalue weighted by molar-refractivity contribution is -0.141. The Morgan fingerprint density at radius 2 is 2.10 bits per heavy atom. The molecule has 6 heteroatoms. The number of carbonyl (C=O) groups excluding carboxylic acids is 1. The van der Waals surface area contributed by atoms with Crippen molar-refractivity contribution in [3.63, 3.8) is 0 Å². The van der Waals surface area contributed by atoms with Crippen LogP contribution in [0.25, 0.3) is 0 Å². The first-order chi connectivity index (χ1) is 9.92. The van der Waals surface area contributed by atoms with Gasteiger partial charge >= 0.3 is 12.0 Å². The molecule has 1 aromatic rings. The Labute approximate surface area is 123 Å². The monoisotopic (exact) mass is 292 g/mol. The molecule has 21 heavy (non-hydrogen) atoms. The number of carboxylic acid groups (broad SMARTS) is 1. The Kier molecular flexibility index (Phi) is 4.35. The molecular formula is C15H20N2O4. The molecule has 1 heterocycles. The van der Waals surface area contributed by atoms with Gasteiger partial charge in [0.25, 0.3) is 0 Å². The van der Waals surface area contributed by atoms with Crippen molar-refractivity contribution in [2.24, 2.45) is 5.92 Å². The van der Waals surface area contributed by atoms with E-state index in [1.165, 1.54) is 4.90 Å². The summed E-state index contributed by atoms with van der Waals surface area (Å²) in [5, 5.41) is 11.8. The van der Waals surface area contributed by atoms with Gasteiger partial charge < -0.3 is 20.1 Å². The first-order valence-corrected chi connectivity index (χ1v) is 6.86. The number of nitrogens with zero attached hydrogens (tertiary/aromatic N) is 1. The Hall–Kier alpha value is -2.24. The van der Waals surface area contributed by atoms with Gasteiger partial charge in [0.1, 0.15) is 5.75 Å². The minimum atomic E-state index is -0.848. The summed E-state index contributed by atoms with van der Waals surface area (Å²) in [4.78, 5) is 24.7. The fourth-order valence-electron chi connectivity index (χ4n) is 2.51. The number of anilines is 1. The van der Waals surface area contributed by atoms with Crippen LogP contribution in [-0.2, 0) is 4.79 Å². The Bertz CT molecular complexity index is 571. The highest BCUT2D eigenvalue weighted by Gasteiger charge is 2.31. The molecule has 2 rings (SSSR count). The van der Waals surface area contributed by atoms with Crippen LogP contribution in [0.5, 0.6) is 5.75 Å². The molecule has 0 radical (unpaired) electrons. The first kappa shape index (κ1) is 15.2. The number of amides is 2. The summed E-state index contributed by atoms with van der Waals surface area (Å²) in [6, 6.07) is 3.51. The number of carbonyl (C=O) groups is 2. The second-order valence-electron chi connectivity index (χ2n) is 5.34. The summed E-state index contributed by atoms with van der Waals surface area (Å²) in [5.74, 6) is -0.599. The van der Waals surface area contributed by atoms with Crippen molar-refractivity contribution in [1.29, 1.82) is 0 Å². The molecule has 2 N–H and O–H groups in total. The standard InChI is InChI=1S/C15H20N2O4/c1-9-6-12(10(2)13(7-9)21-3)16-15(20)17-5-4-11(8-17)14(18)19/h6-7,11H,4-5,8H2,1-3H3,(H,16,20)(H,18,19). The van der Waals surface area contributed by atoms with Crippen LogP contribution in [-0.4, -0.2) is 42.2 Å². The number of aryl methyl sites for hydroxylation is 1. The number of ether oxygens (including phenoxy) is 1. The third-order valence-electron chi connectivity index (χ3n) is 3.79. The van der Waals surface area contributed by atoms with Crippen LogP contribution in [0.15, 0.2) is 12.1 Å². The van der Waals surface area contributed by atoms with Gasteiger partial charge in [0.2, 0.25) is 0 Å². The van der Waals surface area contributed by atoms with Crippen LogP contribution < -0.4 is 10.1 Å². The van der Waals surface area contributed by atoms with E-state index >= 15 is 0 Å². The molecule has 0 aliphatic carbocycles. The minimum Gasteiger partial charge on any atom is -0.496 e. The van der Waals surface area contributed by atoms with Crippen LogP contribution in [0.4, 0.5) is 10.5 Å². The molecule has 0 spiro atoms. The number of likely N-dealkylation sites (tertiary alicyclic amines) is 1. The summed E-state index contributed by atoms with van der Waals surface area (Å²) >= 11 is 0. The maximum Gasteiger partial charge on any atom is 0.321 e. The molecule has 1 aliphatic heterocycles. The number of urea groups is 1. The average molecular weight is 292 g/mol. The van der Waals surface area contributed by atoms with Crippen molar-refractivity contribution < 1.29 is 19.4 Å². The van der Waals surface area contributed by atoms with Crippen molar-refractivity contribution in [3.05, 3.63) is 23.3 Å². The molecule has 1 unspecified atom stereocenters. The maximum absolute atomic E-state index is 12.2. The van der Waals surface area contributed by atoms with Crippen LogP contribution in [0.3, 0.4) is 0 Å². The number of hydrogen-bond donors (Lipinski definition) is 2. The topological polar surface area (TPSA) is 78.9 Å². The molecule has 2 amide bonds. The summed E-state index contributed by atoms with van der Waals surface area (Å²) in [5.41, 5.74) is 2.53. The Balaban J connectivity index is 2.10. The summed E-state index contributed by atoms with van der Waals surface area (Å²) < 4.78 is 5.28. The predicted octanol–water partition coefficient (Wildman–Crippen LogP) is 2.25. The van der Waals surface area contributed by atoms with Gasteiger partial charge in [-0.2, -0.15) is 0 Å². The Morgan fingerprint density at radius 3 is 2.67 bits per heavy atom. The van der Waals surface area contributed by atoms with Gasteiger partial charge in [-0.15, -0.1) is 0 Å². The number of aliphatic carboxylic acids is 1. The predicted molar refractivity (Wildman–Crippen MR) is 78.8 cm³/mol. The highest BCUT2D eigenvalue weighted by Crippen LogP contribution is 2.28. The lowest BCUT2D eigenvalue weighted by Crippen LogP contribution is -2.34. The van der Waals surface area contributed by atoms with E-state index in [9.17, 15) is 9.59 Å². The van der Waals surface area contributed by atoms with Gasteiger partial charge in [0, 0.05) is 24.3 Å². The van der Waals surface area contributed by atoms with E-state index < -0.39 is 11.9 Å². The van der Waals surface area contributed by atoms with Gasteiger partial charge in [0.05, 0.1) is 13.0 Å². The third-order valence-corrected chi connectivity index (χ3v) is 3.79. The Morgan fingerprint density at radius 1 is 1.38 bits per heavy atom. The van der Waals surface area contributed by atoms with Gasteiger partial charge in [-0.3, -0.25) is 4.79 Å². The lowest BCUT2D eigenvalue weighted by atomic mass is 10.1. The molecule has 1 aliphatic rings. The summed E-state index contributed by atoms with van der Waals surface area (Å²) in [7, 11) is 1.59. The number of hydrogen-bond acceptors (Lipinski definition) is 3. The van der Waals surface area contributed by atoms with Gasteiger partial charge in [-0.1, -0.05) is 0 Å². The second kappa shape index (κ2) is 6.03. The van der Waals surface area contributed by atoms with E-state index in [1.807, 2.05) is 26.0 Å². The second-order valence-corrected chi connectivity index (χ2v) is 5.34. The highest BCUT2D eigenvalue weighted by molar-refractivity contribution is 5.91. The zero-order valence-electron chi connectivity index (χ0n) is 12.5. The molecular weight excluding hydrogens is 272 g/mol. The molecule has 0 bridgehead atoms. The largest absolute Gasteiger partial charge is 0.496 e. The van der Waals surface area contributed by atoms with Crippen molar-refractivity contribution >= 4 is 17.7 Å². The number of rotatable bonds is 3. The number of carboxylic acids is 1. The molecule has 1 fully saturated rings. The van der Waals surface area contributed by atoms with E-state index in [4.69, 9.17) is 9.84 Å². The quantitative estimate of drug-likeness (QED) is 0.895. The van der Waals surface area contributed by atoms with Crippen LogP contribution >= 0.6 is 0 Å². The normalized spacial score (nSPS) is 17.7. The average Bonchev–Trinajstić information content (AvgIpc) is 2.92.